The largest absolute Gasteiger partial charge is 0.480 e. The molecule has 2 N–H and O–H groups in total. The van der Waals surface area contributed by atoms with Crippen LogP contribution in [0.15, 0.2) is 6.20 Å². The Balaban J connectivity index is 2.88. The Morgan fingerprint density at radius 2 is 1.88 bits per heavy atom. The van der Waals surface area contributed by atoms with Crippen LogP contribution in [0.5, 0.6) is 0 Å². The number of ether oxygens (including phenoxy) is 1. The highest BCUT2D eigenvalue weighted by Crippen LogP contribution is 2.45. The number of hydrogen-bond donors (Lipinski definition) is 2. The number of alkyl carbamates (subject to hydrolysis) is 1. The normalized spacial score (nSPS) is 13.3. The number of nitrogens with zero attached hydrogens (tertiary/aromatic N) is 3. The molecule has 1 aromatic rings. The van der Waals surface area contributed by atoms with Crippen molar-refractivity contribution in [2.24, 2.45) is 0 Å². The van der Waals surface area contributed by atoms with Crippen molar-refractivity contribution in [3.8, 4) is 0 Å². The van der Waals surface area contributed by atoms with Gasteiger partial charge in [-0.3, -0.25) is 4.57 Å². The average molecular weight is 392 g/mol. The summed E-state index contributed by atoms with van der Waals surface area (Å²) in [4.78, 5) is 23.1. The van der Waals surface area contributed by atoms with E-state index in [4.69, 9.17) is 13.8 Å². The van der Waals surface area contributed by atoms with Crippen LogP contribution in [0.25, 0.3) is 0 Å². The van der Waals surface area contributed by atoms with Gasteiger partial charge < -0.3 is 24.2 Å². The summed E-state index contributed by atoms with van der Waals surface area (Å²) in [6.45, 7) is 8.31. The number of aromatic nitrogens is 3. The van der Waals surface area contributed by atoms with Crippen LogP contribution in [-0.4, -0.2) is 57.0 Å². The van der Waals surface area contributed by atoms with Crippen molar-refractivity contribution >= 4 is 25.1 Å². The zero-order chi connectivity index (χ0) is 20.0. The quantitative estimate of drug-likeness (QED) is 0.592. The minimum Gasteiger partial charge on any atom is -0.480 e. The molecule has 26 heavy (non-hydrogen) atoms. The van der Waals surface area contributed by atoms with E-state index in [1.165, 1.54) is 6.20 Å². The van der Waals surface area contributed by atoms with Gasteiger partial charge in [-0.2, -0.15) is 0 Å². The van der Waals surface area contributed by atoms with Crippen molar-refractivity contribution in [2.45, 2.75) is 52.8 Å². The van der Waals surface area contributed by atoms with Gasteiger partial charge in [-0.05, 0) is 34.6 Å². The average Bonchev–Trinajstić information content (AvgIpc) is 2.94. The third-order valence-corrected chi connectivity index (χ3v) is 4.73. The summed E-state index contributed by atoms with van der Waals surface area (Å²) in [6, 6.07) is -1.32. The first-order valence-corrected chi connectivity index (χ1v) is 9.57. The monoisotopic (exact) mass is 392 g/mol. The third-order valence-electron chi connectivity index (χ3n) is 2.76. The van der Waals surface area contributed by atoms with Crippen LogP contribution in [0.4, 0.5) is 4.79 Å². The Hall–Kier alpha value is -1.97. The number of carboxylic acid groups (broad SMARTS) is 1. The van der Waals surface area contributed by atoms with Crippen LogP contribution in [0, 0.1) is 0 Å². The fourth-order valence-electron chi connectivity index (χ4n) is 1.83. The molecule has 1 atom stereocenters. The summed E-state index contributed by atoms with van der Waals surface area (Å²) in [5.41, 5.74) is -0.808. The number of carbonyl (C=O) groups excluding carboxylic acids is 1. The highest BCUT2D eigenvalue weighted by Gasteiger charge is 2.31. The molecule has 0 aliphatic carbocycles. The number of amides is 1. The van der Waals surface area contributed by atoms with Crippen LogP contribution in [0.2, 0.25) is 0 Å². The zero-order valence-corrected chi connectivity index (χ0v) is 16.4. The Kier molecular flexibility index (Phi) is 7.73. The van der Waals surface area contributed by atoms with Crippen LogP contribution in [-0.2, 0) is 29.7 Å². The zero-order valence-electron chi connectivity index (χ0n) is 15.5. The molecule has 148 valence electrons. The number of hydrogen-bond acceptors (Lipinski definition) is 8. The molecule has 0 aromatic carbocycles. The summed E-state index contributed by atoms with van der Waals surface area (Å²) in [5, 5.41) is 19.0. The second-order valence-electron chi connectivity index (χ2n) is 6.17. The molecule has 0 aliphatic heterocycles. The Bertz CT molecular complexity index is 660. The maximum Gasteiger partial charge on any atom is 0.408 e. The third kappa shape index (κ3) is 6.74. The minimum absolute atomic E-state index is 0.0393. The minimum atomic E-state index is -3.63. The van der Waals surface area contributed by atoms with Crippen LogP contribution in [0.3, 0.4) is 0 Å². The molecule has 0 bridgehead atoms. The SMILES string of the molecule is CCOP(=O)(OCC)c1cn(CC(NC(=O)OC(C)(C)C)C(=O)O)nn1. The maximum absolute atomic E-state index is 12.6. The fourth-order valence-corrected chi connectivity index (χ4v) is 3.28. The fraction of sp³-hybridized carbons (Fsp3) is 0.714. The van der Waals surface area contributed by atoms with Crippen molar-refractivity contribution in [1.29, 1.82) is 0 Å². The van der Waals surface area contributed by atoms with Gasteiger partial charge in [0.15, 0.2) is 5.44 Å². The van der Waals surface area contributed by atoms with E-state index in [0.29, 0.717) is 0 Å². The van der Waals surface area contributed by atoms with E-state index < -0.39 is 31.3 Å². The van der Waals surface area contributed by atoms with Gasteiger partial charge in [-0.15, -0.1) is 5.10 Å². The van der Waals surface area contributed by atoms with Crippen molar-refractivity contribution in [3.05, 3.63) is 6.20 Å². The lowest BCUT2D eigenvalue weighted by Gasteiger charge is -2.21. The van der Waals surface area contributed by atoms with Gasteiger partial charge >= 0.3 is 19.7 Å². The number of carboxylic acids is 1. The van der Waals surface area contributed by atoms with Gasteiger partial charge in [-0.1, -0.05) is 5.21 Å². The first-order valence-electron chi connectivity index (χ1n) is 8.03. The van der Waals surface area contributed by atoms with E-state index in [0.717, 1.165) is 4.68 Å². The topological polar surface area (TPSA) is 142 Å². The lowest BCUT2D eigenvalue weighted by atomic mass is 10.2. The highest BCUT2D eigenvalue weighted by molar-refractivity contribution is 7.61. The highest BCUT2D eigenvalue weighted by atomic mass is 31.2. The molecule has 1 heterocycles. The molecule has 0 spiro atoms. The van der Waals surface area contributed by atoms with Crippen LogP contribution < -0.4 is 10.8 Å². The molecule has 1 amide bonds. The molecule has 1 unspecified atom stereocenters. The van der Waals surface area contributed by atoms with Crippen molar-refractivity contribution in [1.82, 2.24) is 20.3 Å². The van der Waals surface area contributed by atoms with Gasteiger partial charge in [-0.25, -0.2) is 14.3 Å². The van der Waals surface area contributed by atoms with Crippen molar-refractivity contribution < 1.29 is 33.0 Å². The van der Waals surface area contributed by atoms with Crippen LogP contribution in [0.1, 0.15) is 34.6 Å². The summed E-state index contributed by atoms with van der Waals surface area (Å²) >= 11 is 0. The molecule has 0 radical (unpaired) electrons. The molecule has 11 nitrogen and oxygen atoms in total. The second-order valence-corrected chi connectivity index (χ2v) is 8.14. The lowest BCUT2D eigenvalue weighted by Crippen LogP contribution is -2.45. The Labute approximate surface area is 151 Å². The van der Waals surface area contributed by atoms with E-state index in [-0.39, 0.29) is 25.2 Å². The standard InChI is InChI=1S/C14H25N4O7P/c1-6-23-26(22,24-7-2)11-9-18(17-16-11)8-10(12(19)20)15-13(21)25-14(3,4)5/h9-10H,6-8H2,1-5H3,(H,15,21)(H,19,20). The predicted octanol–water partition coefficient (Wildman–Crippen LogP) is 1.15. The lowest BCUT2D eigenvalue weighted by molar-refractivity contribution is -0.139. The molecule has 0 saturated heterocycles. The summed E-state index contributed by atoms with van der Waals surface area (Å²) < 4.78 is 29.1. The Morgan fingerprint density at radius 3 is 2.35 bits per heavy atom. The molecule has 0 fully saturated rings. The van der Waals surface area contributed by atoms with Gasteiger partial charge in [0, 0.05) is 0 Å². The van der Waals surface area contributed by atoms with Crippen molar-refractivity contribution in [3.63, 3.8) is 0 Å². The molecule has 12 heteroatoms. The predicted molar refractivity (Wildman–Crippen MR) is 91.3 cm³/mol. The van der Waals surface area contributed by atoms with E-state index in [2.05, 4.69) is 15.6 Å². The molecule has 1 aromatic heterocycles. The Morgan fingerprint density at radius 1 is 1.31 bits per heavy atom. The molecule has 0 saturated carbocycles. The van der Waals surface area contributed by atoms with Gasteiger partial charge in [0.2, 0.25) is 0 Å². The van der Waals surface area contributed by atoms with E-state index in [1.807, 2.05) is 0 Å². The summed E-state index contributed by atoms with van der Waals surface area (Å²) in [7, 11) is -3.63. The smallest absolute Gasteiger partial charge is 0.408 e. The van der Waals surface area contributed by atoms with E-state index in [9.17, 15) is 19.3 Å². The number of carbonyl (C=O) groups is 2. The number of aliphatic carboxylic acids is 1. The maximum atomic E-state index is 12.6. The van der Waals surface area contributed by atoms with E-state index in [1.54, 1.807) is 34.6 Å². The first-order chi connectivity index (χ1) is 12.0. The van der Waals surface area contributed by atoms with Gasteiger partial charge in [0.25, 0.3) is 0 Å². The molecule has 1 rings (SSSR count). The van der Waals surface area contributed by atoms with Crippen LogP contribution >= 0.6 is 7.60 Å². The molecule has 0 aliphatic rings. The second kappa shape index (κ2) is 9.11. The van der Waals surface area contributed by atoms with Gasteiger partial charge in [0.05, 0.1) is 26.0 Å². The van der Waals surface area contributed by atoms with E-state index >= 15 is 0 Å². The summed E-state index contributed by atoms with van der Waals surface area (Å²) in [6.07, 6.45) is 0.387. The summed E-state index contributed by atoms with van der Waals surface area (Å²) in [5.74, 6) is -1.29. The molecular weight excluding hydrogens is 367 g/mol. The van der Waals surface area contributed by atoms with Crippen molar-refractivity contribution in [2.75, 3.05) is 13.2 Å². The number of rotatable bonds is 9. The molecular formula is C14H25N4O7P. The van der Waals surface area contributed by atoms with Gasteiger partial charge in [0.1, 0.15) is 11.6 Å². The number of nitrogens with one attached hydrogen (secondary N) is 1. The first kappa shape index (κ1) is 22.1.